The highest BCUT2D eigenvalue weighted by Crippen LogP contribution is 2.13. The third-order valence-corrected chi connectivity index (χ3v) is 4.25. The van der Waals surface area contributed by atoms with Crippen molar-refractivity contribution < 1.29 is 24.8 Å². The normalized spacial score (nSPS) is 12.3. The molecule has 0 bridgehead atoms. The molecule has 0 saturated heterocycles. The summed E-state index contributed by atoms with van der Waals surface area (Å²) < 4.78 is 0. The lowest BCUT2D eigenvalue weighted by atomic mass is 10.0. The molecule has 2 N–H and O–H groups in total. The molecule has 1 radical (unpaired) electrons. The Morgan fingerprint density at radius 1 is 0.800 bits per heavy atom. The minimum atomic E-state index is -1.01. The number of carbonyl (C=O) groups is 1. The van der Waals surface area contributed by atoms with E-state index in [4.69, 9.17) is 10.2 Å². The van der Waals surface area contributed by atoms with E-state index >= 15 is 0 Å². The maximum Gasteiger partial charge on any atom is 0.342 e. The monoisotopic (exact) mass is 359 g/mol. The fourth-order valence-electron chi connectivity index (χ4n) is 2.66. The largest absolute Gasteiger partial charge is 0.394 e. The van der Waals surface area contributed by atoms with Crippen molar-refractivity contribution in [2.75, 3.05) is 13.2 Å². The highest BCUT2D eigenvalue weighted by atomic mass is 17.2. The number of hydrogen-bond acceptors (Lipinski definition) is 5. The van der Waals surface area contributed by atoms with Gasteiger partial charge in [-0.2, -0.15) is 4.89 Å². The van der Waals surface area contributed by atoms with Crippen LogP contribution >= 0.6 is 0 Å². The number of aliphatic hydroxyl groups is 2. The SMILES string of the molecule is [CH2]CCCCCCCCCCCCCCCC(=O)OOCC(O)CO. The lowest BCUT2D eigenvalue weighted by Gasteiger charge is -2.07. The van der Waals surface area contributed by atoms with Gasteiger partial charge in [-0.1, -0.05) is 90.4 Å². The van der Waals surface area contributed by atoms with Gasteiger partial charge in [-0.25, -0.2) is 4.79 Å². The van der Waals surface area contributed by atoms with Gasteiger partial charge in [-0.05, 0) is 6.42 Å². The van der Waals surface area contributed by atoms with Crippen LogP contribution in [-0.2, 0) is 14.6 Å². The van der Waals surface area contributed by atoms with Crippen molar-refractivity contribution in [3.63, 3.8) is 0 Å². The zero-order chi connectivity index (χ0) is 18.6. The van der Waals surface area contributed by atoms with Gasteiger partial charge in [0.1, 0.15) is 12.7 Å². The Hall–Kier alpha value is -0.650. The molecule has 0 aliphatic carbocycles. The van der Waals surface area contributed by atoms with E-state index in [9.17, 15) is 4.79 Å². The van der Waals surface area contributed by atoms with E-state index in [2.05, 4.69) is 16.7 Å². The maximum atomic E-state index is 11.3. The van der Waals surface area contributed by atoms with Gasteiger partial charge in [0, 0.05) is 6.42 Å². The molecule has 0 aliphatic heterocycles. The summed E-state index contributed by atoms with van der Waals surface area (Å²) in [5, 5.41) is 17.6. The van der Waals surface area contributed by atoms with E-state index in [1.165, 1.54) is 64.2 Å². The first-order valence-corrected chi connectivity index (χ1v) is 10.1. The maximum absolute atomic E-state index is 11.3. The Kier molecular flexibility index (Phi) is 19.2. The summed E-state index contributed by atoms with van der Waals surface area (Å²) in [5.41, 5.74) is 0. The van der Waals surface area contributed by atoms with Gasteiger partial charge < -0.3 is 10.2 Å². The lowest BCUT2D eigenvalue weighted by molar-refractivity contribution is -0.282. The minimum absolute atomic E-state index is 0.196. The summed E-state index contributed by atoms with van der Waals surface area (Å²) in [6, 6.07) is 0. The molecule has 1 atom stereocenters. The predicted octanol–water partition coefficient (Wildman–Crippen LogP) is 4.50. The van der Waals surface area contributed by atoms with E-state index in [0.29, 0.717) is 6.42 Å². The zero-order valence-corrected chi connectivity index (χ0v) is 15.9. The van der Waals surface area contributed by atoms with E-state index in [-0.39, 0.29) is 6.61 Å². The molecule has 149 valence electrons. The van der Waals surface area contributed by atoms with E-state index in [1.54, 1.807) is 0 Å². The molecular weight excluding hydrogens is 320 g/mol. The quantitative estimate of drug-likeness (QED) is 0.202. The molecule has 1 unspecified atom stereocenters. The van der Waals surface area contributed by atoms with Crippen LogP contribution < -0.4 is 0 Å². The summed E-state index contributed by atoms with van der Waals surface area (Å²) in [4.78, 5) is 20.4. The summed E-state index contributed by atoms with van der Waals surface area (Å²) in [6.45, 7) is 3.26. The van der Waals surface area contributed by atoms with Gasteiger partial charge in [0.25, 0.3) is 0 Å². The van der Waals surface area contributed by atoms with Crippen LogP contribution in [0.1, 0.15) is 96.3 Å². The summed E-state index contributed by atoms with van der Waals surface area (Å²) in [7, 11) is 0. The van der Waals surface area contributed by atoms with Crippen LogP contribution in [0.25, 0.3) is 0 Å². The molecule has 0 saturated carbocycles. The number of carbonyl (C=O) groups excluding carboxylic acids is 1. The van der Waals surface area contributed by atoms with Crippen molar-refractivity contribution in [2.24, 2.45) is 0 Å². The van der Waals surface area contributed by atoms with Gasteiger partial charge in [0.05, 0.1) is 6.61 Å². The number of hydrogen-bond donors (Lipinski definition) is 2. The Labute approximate surface area is 154 Å². The molecular formula is C20H39O5. The third kappa shape index (κ3) is 19.5. The zero-order valence-electron chi connectivity index (χ0n) is 15.9. The molecule has 0 aromatic heterocycles. The van der Waals surface area contributed by atoms with Crippen LogP contribution in [0.2, 0.25) is 0 Å². The van der Waals surface area contributed by atoms with E-state index in [0.717, 1.165) is 25.7 Å². The van der Waals surface area contributed by atoms with Crippen LogP contribution in [-0.4, -0.2) is 35.5 Å². The molecule has 0 aromatic carbocycles. The Balaban J connectivity index is 3.14. The topological polar surface area (TPSA) is 76.0 Å². The first kappa shape index (κ1) is 24.4. The second-order valence-electron chi connectivity index (χ2n) is 6.78. The smallest absolute Gasteiger partial charge is 0.342 e. The van der Waals surface area contributed by atoms with Crippen molar-refractivity contribution in [3.05, 3.63) is 6.92 Å². The fourth-order valence-corrected chi connectivity index (χ4v) is 2.66. The first-order chi connectivity index (χ1) is 12.2. The average molecular weight is 360 g/mol. The molecule has 0 fully saturated rings. The molecule has 5 nitrogen and oxygen atoms in total. The van der Waals surface area contributed by atoms with Crippen LogP contribution in [0.3, 0.4) is 0 Å². The number of unbranched alkanes of at least 4 members (excludes halogenated alkanes) is 13. The average Bonchev–Trinajstić information content (AvgIpc) is 2.61. The number of aliphatic hydroxyl groups excluding tert-OH is 2. The molecule has 0 aliphatic rings. The summed E-state index contributed by atoms with van der Waals surface area (Å²) in [5.74, 6) is -0.416. The van der Waals surface area contributed by atoms with Crippen molar-refractivity contribution in [1.82, 2.24) is 0 Å². The number of rotatable bonds is 19. The Morgan fingerprint density at radius 3 is 1.68 bits per heavy atom. The van der Waals surface area contributed by atoms with Gasteiger partial charge in [0.2, 0.25) is 0 Å². The van der Waals surface area contributed by atoms with Crippen molar-refractivity contribution in [3.8, 4) is 0 Å². The van der Waals surface area contributed by atoms with Crippen LogP contribution in [0.5, 0.6) is 0 Å². The standard InChI is InChI=1S/C20H39O5/c1-2-3-4-5-6-7-8-9-10-11-12-13-14-15-16-20(23)25-24-18-19(22)17-21/h19,21-22H,1-18H2. The molecule has 0 rings (SSSR count). The molecule has 0 spiro atoms. The summed E-state index contributed by atoms with van der Waals surface area (Å²) >= 11 is 0. The van der Waals surface area contributed by atoms with E-state index in [1.807, 2.05) is 0 Å². The Morgan fingerprint density at radius 2 is 1.24 bits per heavy atom. The predicted molar refractivity (Wildman–Crippen MR) is 99.7 cm³/mol. The van der Waals surface area contributed by atoms with Crippen LogP contribution in [0.15, 0.2) is 0 Å². The van der Waals surface area contributed by atoms with Gasteiger partial charge >= 0.3 is 5.97 Å². The molecule has 0 heterocycles. The van der Waals surface area contributed by atoms with Crippen molar-refractivity contribution in [1.29, 1.82) is 0 Å². The fraction of sp³-hybridized carbons (Fsp3) is 0.900. The minimum Gasteiger partial charge on any atom is -0.394 e. The van der Waals surface area contributed by atoms with E-state index < -0.39 is 18.7 Å². The van der Waals surface area contributed by atoms with Crippen LogP contribution in [0.4, 0.5) is 0 Å². The molecule has 5 heteroatoms. The molecule has 0 aromatic rings. The van der Waals surface area contributed by atoms with Gasteiger partial charge in [-0.3, -0.25) is 4.89 Å². The summed E-state index contributed by atoms with van der Waals surface area (Å²) in [6.07, 6.45) is 16.7. The lowest BCUT2D eigenvalue weighted by Crippen LogP contribution is -2.20. The van der Waals surface area contributed by atoms with Gasteiger partial charge in [-0.15, -0.1) is 0 Å². The van der Waals surface area contributed by atoms with Crippen molar-refractivity contribution in [2.45, 2.75) is 102 Å². The second kappa shape index (κ2) is 19.7. The highest BCUT2D eigenvalue weighted by molar-refractivity contribution is 5.68. The molecule has 25 heavy (non-hydrogen) atoms. The third-order valence-electron chi connectivity index (χ3n) is 4.25. The second-order valence-corrected chi connectivity index (χ2v) is 6.78. The molecule has 0 amide bonds. The van der Waals surface area contributed by atoms with Crippen LogP contribution in [0, 0.1) is 6.92 Å². The Bertz CT molecular complexity index is 283. The first-order valence-electron chi connectivity index (χ1n) is 10.1. The highest BCUT2D eigenvalue weighted by Gasteiger charge is 2.07. The van der Waals surface area contributed by atoms with Crippen molar-refractivity contribution >= 4 is 5.97 Å². The van der Waals surface area contributed by atoms with Gasteiger partial charge in [0.15, 0.2) is 0 Å².